The summed E-state index contributed by atoms with van der Waals surface area (Å²) in [5.41, 5.74) is 2.06. The second kappa shape index (κ2) is 9.44. The molecule has 3 aromatic rings. The van der Waals surface area contributed by atoms with E-state index >= 15 is 0 Å². The second-order valence-corrected chi connectivity index (χ2v) is 8.62. The molecular weight excluding hydrogens is 475 g/mol. The number of hydrogen-bond acceptors (Lipinski definition) is 6. The van der Waals surface area contributed by atoms with Crippen LogP contribution in [0.15, 0.2) is 66.5 Å². The molecule has 1 aliphatic heterocycles. The third-order valence-corrected chi connectivity index (χ3v) is 5.71. The summed E-state index contributed by atoms with van der Waals surface area (Å²) in [6.07, 6.45) is -1.96. The van der Waals surface area contributed by atoms with Crippen LogP contribution in [-0.2, 0) is 9.59 Å². The molecule has 186 valence electrons. The molecule has 1 fully saturated rings. The van der Waals surface area contributed by atoms with Gasteiger partial charge in [0.25, 0.3) is 5.78 Å². The fraction of sp³-hybridized carbons (Fsp3) is 0.231. The summed E-state index contributed by atoms with van der Waals surface area (Å²) < 4.78 is 41.8. The number of ether oxygens (including phenoxy) is 1. The lowest BCUT2D eigenvalue weighted by Crippen LogP contribution is -2.31. The van der Waals surface area contributed by atoms with Gasteiger partial charge in [0.05, 0.1) is 11.6 Å². The van der Waals surface area contributed by atoms with E-state index in [2.05, 4.69) is 14.7 Å². The minimum atomic E-state index is -4.88. The summed E-state index contributed by atoms with van der Waals surface area (Å²) in [5.74, 6) is -2.68. The molecule has 0 saturated carbocycles. The van der Waals surface area contributed by atoms with Gasteiger partial charge in [-0.1, -0.05) is 50.2 Å². The summed E-state index contributed by atoms with van der Waals surface area (Å²) >= 11 is 0. The average Bonchev–Trinajstić information content (AvgIpc) is 3.09. The van der Waals surface area contributed by atoms with Crippen molar-refractivity contribution in [3.63, 3.8) is 0 Å². The van der Waals surface area contributed by atoms with E-state index in [0.717, 1.165) is 22.6 Å². The van der Waals surface area contributed by atoms with Crippen LogP contribution in [0.4, 0.5) is 19.1 Å². The number of aromatic nitrogens is 2. The number of Topliss-reactive ketones (excluding diaryl/α,β-unsaturated/α-hetero) is 1. The van der Waals surface area contributed by atoms with Gasteiger partial charge in [-0.3, -0.25) is 14.5 Å². The number of carbonyl (C=O) groups excluding carboxylic acids is 2. The Kier molecular flexibility index (Phi) is 6.53. The third kappa shape index (κ3) is 4.93. The lowest BCUT2D eigenvalue weighted by molar-refractivity contribution is -0.274. The maximum absolute atomic E-state index is 13.1. The van der Waals surface area contributed by atoms with Crippen LogP contribution in [0.1, 0.15) is 48.1 Å². The Hall–Kier alpha value is -4.21. The number of halogens is 3. The van der Waals surface area contributed by atoms with Crippen molar-refractivity contribution in [3.05, 3.63) is 88.8 Å². The summed E-state index contributed by atoms with van der Waals surface area (Å²) in [4.78, 5) is 35.6. The number of aryl methyl sites for hydroxylation is 1. The standard InChI is InChI=1S/C26H22F3N3O4/c1-14(2)16-4-6-18(7-5-16)22(33)20-21(17-8-10-19(11-9-17)36-26(27,28)29)32(24(35)23(20)34)25-30-12-15(3)13-31-25/h4-14,21,33H,1-3H3. The molecule has 1 saturated heterocycles. The highest BCUT2D eigenvalue weighted by molar-refractivity contribution is 6.51. The topological polar surface area (TPSA) is 92.6 Å². The van der Waals surface area contributed by atoms with E-state index in [1.807, 2.05) is 13.8 Å². The molecule has 0 spiro atoms. The van der Waals surface area contributed by atoms with Crippen molar-refractivity contribution in [2.45, 2.75) is 39.1 Å². The van der Waals surface area contributed by atoms with E-state index < -0.39 is 35.6 Å². The maximum atomic E-state index is 13.1. The molecule has 1 unspecified atom stereocenters. The van der Waals surface area contributed by atoms with Crippen molar-refractivity contribution in [1.82, 2.24) is 9.97 Å². The van der Waals surface area contributed by atoms with Crippen molar-refractivity contribution in [2.24, 2.45) is 0 Å². The van der Waals surface area contributed by atoms with Gasteiger partial charge in [-0.25, -0.2) is 9.97 Å². The molecule has 1 atom stereocenters. The van der Waals surface area contributed by atoms with Gasteiger partial charge in [-0.2, -0.15) is 0 Å². The highest BCUT2D eigenvalue weighted by Gasteiger charge is 2.48. The fourth-order valence-corrected chi connectivity index (χ4v) is 3.90. The lowest BCUT2D eigenvalue weighted by atomic mass is 9.94. The number of nitrogens with zero attached hydrogens (tertiary/aromatic N) is 3. The average molecular weight is 497 g/mol. The van der Waals surface area contributed by atoms with E-state index in [1.54, 1.807) is 31.2 Å². The van der Waals surface area contributed by atoms with E-state index in [1.165, 1.54) is 24.5 Å². The largest absolute Gasteiger partial charge is 0.573 e. The molecule has 36 heavy (non-hydrogen) atoms. The smallest absolute Gasteiger partial charge is 0.507 e. The molecule has 0 bridgehead atoms. The molecule has 7 nitrogen and oxygen atoms in total. The van der Waals surface area contributed by atoms with Crippen molar-refractivity contribution in [1.29, 1.82) is 0 Å². The number of carbonyl (C=O) groups is 2. The summed E-state index contributed by atoms with van der Waals surface area (Å²) in [5, 5.41) is 11.2. The Balaban J connectivity index is 1.85. The van der Waals surface area contributed by atoms with Crippen LogP contribution < -0.4 is 9.64 Å². The number of rotatable bonds is 5. The first-order valence-electron chi connectivity index (χ1n) is 11.0. The SMILES string of the molecule is Cc1cnc(N2C(=O)C(=O)C(=C(O)c3ccc(C(C)C)cc3)C2c2ccc(OC(F)(F)F)cc2)nc1. The molecule has 0 aliphatic carbocycles. The molecule has 1 aliphatic rings. The normalized spacial score (nSPS) is 17.6. The molecule has 1 N–H and O–H groups in total. The number of ketones is 1. The summed E-state index contributed by atoms with van der Waals surface area (Å²) in [7, 11) is 0. The first kappa shape index (κ1) is 24.9. The van der Waals surface area contributed by atoms with Crippen LogP contribution in [0.25, 0.3) is 5.76 Å². The molecule has 2 heterocycles. The zero-order chi connectivity index (χ0) is 26.2. The van der Waals surface area contributed by atoms with Crippen molar-refractivity contribution < 1.29 is 32.6 Å². The fourth-order valence-electron chi connectivity index (χ4n) is 3.90. The predicted molar refractivity (Wildman–Crippen MR) is 125 cm³/mol. The van der Waals surface area contributed by atoms with Gasteiger partial charge in [0.15, 0.2) is 0 Å². The van der Waals surface area contributed by atoms with Crippen molar-refractivity contribution in [3.8, 4) is 5.75 Å². The van der Waals surface area contributed by atoms with Gasteiger partial charge in [0.1, 0.15) is 11.5 Å². The van der Waals surface area contributed by atoms with Gasteiger partial charge >= 0.3 is 12.3 Å². The van der Waals surface area contributed by atoms with Gasteiger partial charge in [0, 0.05) is 18.0 Å². The van der Waals surface area contributed by atoms with E-state index in [4.69, 9.17) is 0 Å². The number of alkyl halides is 3. The van der Waals surface area contributed by atoms with Crippen LogP contribution in [0.3, 0.4) is 0 Å². The van der Waals surface area contributed by atoms with E-state index in [0.29, 0.717) is 11.1 Å². The van der Waals surface area contributed by atoms with Crippen molar-refractivity contribution in [2.75, 3.05) is 4.90 Å². The monoisotopic (exact) mass is 497 g/mol. The molecule has 1 amide bonds. The van der Waals surface area contributed by atoms with E-state index in [-0.39, 0.29) is 23.0 Å². The highest BCUT2D eigenvalue weighted by atomic mass is 19.4. The molecular formula is C26H22F3N3O4. The maximum Gasteiger partial charge on any atom is 0.573 e. The first-order chi connectivity index (χ1) is 17.0. The molecule has 2 aromatic carbocycles. The summed E-state index contributed by atoms with van der Waals surface area (Å²) in [6, 6.07) is 10.4. The number of aliphatic hydroxyl groups excluding tert-OH is 1. The van der Waals surface area contributed by atoms with Gasteiger partial charge in [0.2, 0.25) is 5.95 Å². The Morgan fingerprint density at radius 2 is 1.58 bits per heavy atom. The predicted octanol–water partition coefficient (Wildman–Crippen LogP) is 5.43. The zero-order valence-electron chi connectivity index (χ0n) is 19.6. The molecule has 0 radical (unpaired) electrons. The Morgan fingerprint density at radius 1 is 1.00 bits per heavy atom. The van der Waals surface area contributed by atoms with Crippen LogP contribution in [0.5, 0.6) is 5.75 Å². The number of benzene rings is 2. The van der Waals surface area contributed by atoms with Crippen LogP contribution in [0, 0.1) is 6.92 Å². The number of aliphatic hydroxyl groups is 1. The van der Waals surface area contributed by atoms with Gasteiger partial charge in [-0.05, 0) is 41.7 Å². The number of amides is 1. The van der Waals surface area contributed by atoms with E-state index in [9.17, 15) is 27.9 Å². The minimum absolute atomic E-state index is 0.0856. The Bertz CT molecular complexity index is 1320. The molecule has 1 aromatic heterocycles. The van der Waals surface area contributed by atoms with Crippen LogP contribution in [-0.4, -0.2) is 33.1 Å². The van der Waals surface area contributed by atoms with Gasteiger partial charge in [-0.15, -0.1) is 13.2 Å². The second-order valence-electron chi connectivity index (χ2n) is 8.62. The summed E-state index contributed by atoms with van der Waals surface area (Å²) in [6.45, 7) is 5.76. The molecule has 4 rings (SSSR count). The van der Waals surface area contributed by atoms with Crippen molar-refractivity contribution >= 4 is 23.4 Å². The number of anilines is 1. The van der Waals surface area contributed by atoms with Crippen LogP contribution >= 0.6 is 0 Å². The molecule has 10 heteroatoms. The number of hydrogen-bond donors (Lipinski definition) is 1. The highest BCUT2D eigenvalue weighted by Crippen LogP contribution is 2.41. The quantitative estimate of drug-likeness (QED) is 0.287. The van der Waals surface area contributed by atoms with Gasteiger partial charge < -0.3 is 9.84 Å². The minimum Gasteiger partial charge on any atom is -0.507 e. The Labute approximate surface area is 204 Å². The zero-order valence-corrected chi connectivity index (χ0v) is 19.6. The lowest BCUT2D eigenvalue weighted by Gasteiger charge is -2.23. The van der Waals surface area contributed by atoms with Crippen LogP contribution in [0.2, 0.25) is 0 Å². The Morgan fingerprint density at radius 3 is 2.11 bits per heavy atom. The third-order valence-electron chi connectivity index (χ3n) is 5.71. The first-order valence-corrected chi connectivity index (χ1v) is 11.0.